The Morgan fingerprint density at radius 1 is 1.22 bits per heavy atom. The average Bonchev–Trinajstić information content (AvgIpc) is 3.03. The van der Waals surface area contributed by atoms with Gasteiger partial charge in [0.15, 0.2) is 0 Å². The summed E-state index contributed by atoms with van der Waals surface area (Å²) in [7, 11) is 0. The molecule has 1 aromatic rings. The maximum Gasteiger partial charge on any atom is 0.318 e. The summed E-state index contributed by atoms with van der Waals surface area (Å²) in [5.41, 5.74) is 1.06. The number of urea groups is 1. The van der Waals surface area contributed by atoms with E-state index in [1.165, 1.54) is 0 Å². The second-order valence-corrected chi connectivity index (χ2v) is 6.47. The Kier molecular flexibility index (Phi) is 6.44. The summed E-state index contributed by atoms with van der Waals surface area (Å²) in [5, 5.41) is 5.86. The molecule has 1 aliphatic rings. The van der Waals surface area contributed by atoms with E-state index in [9.17, 15) is 9.59 Å². The predicted octanol–water partition coefficient (Wildman–Crippen LogP) is 2.52. The maximum atomic E-state index is 12.4. The second kappa shape index (κ2) is 8.56. The molecule has 0 aliphatic carbocycles. The van der Waals surface area contributed by atoms with Gasteiger partial charge in [-0.05, 0) is 30.7 Å². The van der Waals surface area contributed by atoms with Crippen molar-refractivity contribution in [2.24, 2.45) is 5.92 Å². The van der Waals surface area contributed by atoms with E-state index in [1.807, 2.05) is 30.3 Å². The van der Waals surface area contributed by atoms with Gasteiger partial charge in [-0.15, -0.1) is 0 Å². The number of nitrogens with one attached hydrogen (secondary N) is 2. The molecule has 23 heavy (non-hydrogen) atoms. The van der Waals surface area contributed by atoms with Gasteiger partial charge in [-0.2, -0.15) is 0 Å². The third-order valence-corrected chi connectivity index (χ3v) is 4.12. The summed E-state index contributed by atoms with van der Waals surface area (Å²) in [6.07, 6.45) is 2.56. The van der Waals surface area contributed by atoms with E-state index in [0.717, 1.165) is 24.8 Å². The molecular formula is C18H27N3O2. The zero-order chi connectivity index (χ0) is 16.7. The summed E-state index contributed by atoms with van der Waals surface area (Å²) < 4.78 is 0. The van der Waals surface area contributed by atoms with Crippen molar-refractivity contribution in [3.63, 3.8) is 0 Å². The Morgan fingerprint density at radius 2 is 1.96 bits per heavy atom. The van der Waals surface area contributed by atoms with Crippen LogP contribution in [0.3, 0.4) is 0 Å². The molecule has 1 atom stereocenters. The SMILES string of the molecule is CC(C)CCNC(=O)N1CCC[C@@H]1C(=O)NCc1ccccc1. The van der Waals surface area contributed by atoms with Crippen LogP contribution in [0.1, 0.15) is 38.7 Å². The van der Waals surface area contributed by atoms with Crippen molar-refractivity contribution in [3.05, 3.63) is 35.9 Å². The lowest BCUT2D eigenvalue weighted by Crippen LogP contribution is -2.49. The molecule has 0 aromatic heterocycles. The molecule has 3 amide bonds. The lowest BCUT2D eigenvalue weighted by Gasteiger charge is -2.24. The molecule has 1 fully saturated rings. The summed E-state index contributed by atoms with van der Waals surface area (Å²) in [6, 6.07) is 9.33. The molecule has 1 saturated heterocycles. The lowest BCUT2D eigenvalue weighted by molar-refractivity contribution is -0.124. The van der Waals surface area contributed by atoms with E-state index in [1.54, 1.807) is 4.90 Å². The summed E-state index contributed by atoms with van der Waals surface area (Å²) in [6.45, 7) is 6.06. The third kappa shape index (κ3) is 5.27. The van der Waals surface area contributed by atoms with Crippen LogP contribution in [0.4, 0.5) is 4.79 Å². The van der Waals surface area contributed by atoms with Gasteiger partial charge in [0.2, 0.25) is 5.91 Å². The topological polar surface area (TPSA) is 61.4 Å². The zero-order valence-corrected chi connectivity index (χ0v) is 14.0. The van der Waals surface area contributed by atoms with E-state index in [2.05, 4.69) is 24.5 Å². The van der Waals surface area contributed by atoms with Gasteiger partial charge >= 0.3 is 6.03 Å². The van der Waals surface area contributed by atoms with Crippen molar-refractivity contribution in [1.82, 2.24) is 15.5 Å². The number of amides is 3. The highest BCUT2D eigenvalue weighted by atomic mass is 16.2. The largest absolute Gasteiger partial charge is 0.350 e. The molecular weight excluding hydrogens is 290 g/mol. The fraction of sp³-hybridized carbons (Fsp3) is 0.556. The molecule has 0 saturated carbocycles. The molecule has 5 nitrogen and oxygen atoms in total. The van der Waals surface area contributed by atoms with E-state index in [4.69, 9.17) is 0 Å². The number of hydrogen-bond acceptors (Lipinski definition) is 2. The maximum absolute atomic E-state index is 12.4. The molecule has 0 bridgehead atoms. The van der Waals surface area contributed by atoms with Gasteiger partial charge in [-0.25, -0.2) is 4.79 Å². The molecule has 1 aliphatic heterocycles. The van der Waals surface area contributed by atoms with E-state index >= 15 is 0 Å². The van der Waals surface area contributed by atoms with Gasteiger partial charge in [-0.1, -0.05) is 44.2 Å². The molecule has 126 valence electrons. The number of likely N-dealkylation sites (tertiary alicyclic amines) is 1. The zero-order valence-electron chi connectivity index (χ0n) is 14.0. The first-order valence-corrected chi connectivity index (χ1v) is 8.44. The molecule has 0 unspecified atom stereocenters. The van der Waals surface area contributed by atoms with Crippen molar-refractivity contribution in [2.75, 3.05) is 13.1 Å². The number of carbonyl (C=O) groups excluding carboxylic acids is 2. The summed E-state index contributed by atoms with van der Waals surface area (Å²) >= 11 is 0. The first-order chi connectivity index (χ1) is 11.1. The van der Waals surface area contributed by atoms with Crippen LogP contribution in [0.2, 0.25) is 0 Å². The molecule has 2 rings (SSSR count). The van der Waals surface area contributed by atoms with Crippen LogP contribution in [0, 0.1) is 5.92 Å². The lowest BCUT2D eigenvalue weighted by atomic mass is 10.1. The van der Waals surface area contributed by atoms with Crippen LogP contribution in [0.15, 0.2) is 30.3 Å². The molecule has 1 aromatic carbocycles. The average molecular weight is 317 g/mol. The molecule has 1 heterocycles. The fourth-order valence-electron chi connectivity index (χ4n) is 2.75. The number of carbonyl (C=O) groups is 2. The van der Waals surface area contributed by atoms with Crippen molar-refractivity contribution < 1.29 is 9.59 Å². The standard InChI is InChI=1S/C18H27N3O2/c1-14(2)10-11-19-18(23)21-12-6-9-16(21)17(22)20-13-15-7-4-3-5-8-15/h3-5,7-8,14,16H,6,9-13H2,1-2H3,(H,19,23)(H,20,22)/t16-/m1/s1. The first kappa shape index (κ1) is 17.3. The highest BCUT2D eigenvalue weighted by molar-refractivity contribution is 5.87. The second-order valence-electron chi connectivity index (χ2n) is 6.47. The Bertz CT molecular complexity index is 516. The van der Waals surface area contributed by atoms with Crippen LogP contribution >= 0.6 is 0 Å². The molecule has 0 radical (unpaired) electrons. The number of hydrogen-bond donors (Lipinski definition) is 2. The Morgan fingerprint density at radius 3 is 2.65 bits per heavy atom. The van der Waals surface area contributed by atoms with Gasteiger partial charge in [0.1, 0.15) is 6.04 Å². The van der Waals surface area contributed by atoms with Crippen molar-refractivity contribution in [1.29, 1.82) is 0 Å². The van der Waals surface area contributed by atoms with Crippen molar-refractivity contribution >= 4 is 11.9 Å². The number of benzene rings is 1. The van der Waals surface area contributed by atoms with Gasteiger partial charge in [-0.3, -0.25) is 4.79 Å². The van der Waals surface area contributed by atoms with Crippen LogP contribution in [-0.2, 0) is 11.3 Å². The van der Waals surface area contributed by atoms with Crippen LogP contribution in [0.5, 0.6) is 0 Å². The Hall–Kier alpha value is -2.04. The van der Waals surface area contributed by atoms with Gasteiger partial charge in [0.25, 0.3) is 0 Å². The molecule has 5 heteroatoms. The van der Waals surface area contributed by atoms with E-state index < -0.39 is 0 Å². The summed E-state index contributed by atoms with van der Waals surface area (Å²) in [4.78, 5) is 26.3. The normalized spacial score (nSPS) is 17.3. The van der Waals surface area contributed by atoms with Crippen LogP contribution in [-0.4, -0.2) is 36.0 Å². The van der Waals surface area contributed by atoms with Crippen LogP contribution in [0.25, 0.3) is 0 Å². The Balaban J connectivity index is 1.82. The number of nitrogens with zero attached hydrogens (tertiary/aromatic N) is 1. The highest BCUT2D eigenvalue weighted by Crippen LogP contribution is 2.17. The van der Waals surface area contributed by atoms with Crippen molar-refractivity contribution in [2.45, 2.75) is 45.7 Å². The quantitative estimate of drug-likeness (QED) is 0.847. The number of rotatable bonds is 6. The minimum atomic E-state index is -0.349. The first-order valence-electron chi connectivity index (χ1n) is 8.44. The molecule has 2 N–H and O–H groups in total. The monoisotopic (exact) mass is 317 g/mol. The van der Waals surface area contributed by atoms with Gasteiger partial charge in [0.05, 0.1) is 0 Å². The predicted molar refractivity (Wildman–Crippen MR) is 90.9 cm³/mol. The van der Waals surface area contributed by atoms with Crippen LogP contribution < -0.4 is 10.6 Å². The van der Waals surface area contributed by atoms with Gasteiger partial charge in [0, 0.05) is 19.6 Å². The van der Waals surface area contributed by atoms with E-state index in [-0.39, 0.29) is 18.0 Å². The Labute approximate surface area is 138 Å². The highest BCUT2D eigenvalue weighted by Gasteiger charge is 2.33. The minimum absolute atomic E-state index is 0.0645. The van der Waals surface area contributed by atoms with E-state index in [0.29, 0.717) is 25.6 Å². The van der Waals surface area contributed by atoms with Crippen molar-refractivity contribution in [3.8, 4) is 0 Å². The smallest absolute Gasteiger partial charge is 0.318 e. The third-order valence-electron chi connectivity index (χ3n) is 4.12. The summed E-state index contributed by atoms with van der Waals surface area (Å²) in [5.74, 6) is 0.490. The fourth-order valence-corrected chi connectivity index (χ4v) is 2.75. The molecule has 0 spiro atoms. The minimum Gasteiger partial charge on any atom is -0.350 e. The van der Waals surface area contributed by atoms with Gasteiger partial charge < -0.3 is 15.5 Å².